The van der Waals surface area contributed by atoms with E-state index in [1.54, 1.807) is 0 Å². The van der Waals surface area contributed by atoms with E-state index in [1.807, 2.05) is 0 Å². The number of aryl methyl sites for hydroxylation is 1. The smallest absolute Gasteiger partial charge is 0.178 e. The number of para-hydroxylation sites is 1. The third-order valence-electron chi connectivity index (χ3n) is 3.71. The molecule has 1 atom stereocenters. The summed E-state index contributed by atoms with van der Waals surface area (Å²) in [5, 5.41) is 0. The van der Waals surface area contributed by atoms with E-state index in [2.05, 4.69) is 48.5 Å². The summed E-state index contributed by atoms with van der Waals surface area (Å²) in [6, 6.07) is 6.89. The SMILES string of the molecule is Cc1cccc2[nH]c(=S)n(C3CC3(C)C)c12. The van der Waals surface area contributed by atoms with Gasteiger partial charge in [-0.1, -0.05) is 26.0 Å². The molecule has 0 radical (unpaired) electrons. The van der Waals surface area contributed by atoms with Crippen LogP contribution in [0.4, 0.5) is 0 Å². The quantitative estimate of drug-likeness (QED) is 0.738. The molecule has 3 heteroatoms. The van der Waals surface area contributed by atoms with Crippen LogP contribution in [0.25, 0.3) is 11.0 Å². The first-order valence-electron chi connectivity index (χ1n) is 5.70. The molecule has 1 unspecified atom stereocenters. The fourth-order valence-corrected chi connectivity index (χ4v) is 2.86. The molecule has 1 aromatic carbocycles. The Kier molecular flexibility index (Phi) is 1.88. The number of hydrogen-bond donors (Lipinski definition) is 1. The molecule has 0 saturated heterocycles. The van der Waals surface area contributed by atoms with Gasteiger partial charge in [0.2, 0.25) is 0 Å². The predicted octanol–water partition coefficient (Wildman–Crippen LogP) is 3.98. The van der Waals surface area contributed by atoms with Gasteiger partial charge in [0.25, 0.3) is 0 Å². The molecule has 1 aromatic heterocycles. The van der Waals surface area contributed by atoms with Crippen molar-refractivity contribution in [2.45, 2.75) is 33.2 Å². The normalized spacial score (nSPS) is 22.6. The molecule has 2 aromatic rings. The molecule has 1 aliphatic carbocycles. The van der Waals surface area contributed by atoms with Crippen LogP contribution in [0.3, 0.4) is 0 Å². The first-order valence-corrected chi connectivity index (χ1v) is 6.11. The maximum atomic E-state index is 5.44. The molecule has 1 aliphatic rings. The van der Waals surface area contributed by atoms with Crippen LogP contribution in [0.5, 0.6) is 0 Å². The van der Waals surface area contributed by atoms with Crippen molar-refractivity contribution in [3.05, 3.63) is 28.5 Å². The average molecular weight is 232 g/mol. The van der Waals surface area contributed by atoms with Gasteiger partial charge in [-0.3, -0.25) is 0 Å². The fourth-order valence-electron chi connectivity index (χ4n) is 2.53. The average Bonchev–Trinajstić information content (AvgIpc) is 2.67. The molecular weight excluding hydrogens is 216 g/mol. The number of aromatic amines is 1. The minimum atomic E-state index is 0.398. The predicted molar refractivity (Wildman–Crippen MR) is 69.3 cm³/mol. The minimum absolute atomic E-state index is 0.398. The van der Waals surface area contributed by atoms with E-state index in [0.29, 0.717) is 11.5 Å². The number of nitrogens with zero attached hydrogens (tertiary/aromatic N) is 1. The summed E-state index contributed by atoms with van der Waals surface area (Å²) in [6.07, 6.45) is 1.22. The summed E-state index contributed by atoms with van der Waals surface area (Å²) in [4.78, 5) is 3.30. The zero-order chi connectivity index (χ0) is 11.5. The highest BCUT2D eigenvalue weighted by Crippen LogP contribution is 2.56. The first kappa shape index (κ1) is 10.1. The van der Waals surface area contributed by atoms with Gasteiger partial charge in [0.05, 0.1) is 11.0 Å². The molecule has 1 saturated carbocycles. The van der Waals surface area contributed by atoms with Crippen LogP contribution in [0.2, 0.25) is 0 Å². The fraction of sp³-hybridized carbons (Fsp3) is 0.462. The van der Waals surface area contributed by atoms with Crippen molar-refractivity contribution in [2.24, 2.45) is 5.41 Å². The molecule has 2 nitrogen and oxygen atoms in total. The molecule has 3 rings (SSSR count). The van der Waals surface area contributed by atoms with E-state index in [4.69, 9.17) is 12.2 Å². The Morgan fingerprint density at radius 2 is 2.12 bits per heavy atom. The van der Waals surface area contributed by atoms with E-state index in [9.17, 15) is 0 Å². The summed E-state index contributed by atoms with van der Waals surface area (Å²) in [6.45, 7) is 6.75. The first-order chi connectivity index (χ1) is 7.50. The van der Waals surface area contributed by atoms with Gasteiger partial charge in [-0.2, -0.15) is 0 Å². The van der Waals surface area contributed by atoms with Gasteiger partial charge in [-0.25, -0.2) is 0 Å². The van der Waals surface area contributed by atoms with Crippen LogP contribution in [0, 0.1) is 17.1 Å². The number of hydrogen-bond acceptors (Lipinski definition) is 1. The minimum Gasteiger partial charge on any atom is -0.331 e. The molecule has 0 bridgehead atoms. The van der Waals surface area contributed by atoms with Crippen molar-refractivity contribution in [3.63, 3.8) is 0 Å². The van der Waals surface area contributed by atoms with Crippen molar-refractivity contribution in [2.75, 3.05) is 0 Å². The second-order valence-electron chi connectivity index (χ2n) is 5.48. The van der Waals surface area contributed by atoms with E-state index in [1.165, 1.54) is 17.5 Å². The lowest BCUT2D eigenvalue weighted by molar-refractivity contribution is 0.545. The summed E-state index contributed by atoms with van der Waals surface area (Å²) in [5.41, 5.74) is 4.14. The van der Waals surface area contributed by atoms with Crippen molar-refractivity contribution in [1.29, 1.82) is 0 Å². The lowest BCUT2D eigenvalue weighted by atomic mass is 10.1. The Hall–Kier alpha value is -1.09. The highest BCUT2D eigenvalue weighted by molar-refractivity contribution is 7.71. The number of benzene rings is 1. The highest BCUT2D eigenvalue weighted by atomic mass is 32.1. The molecule has 1 fully saturated rings. The molecule has 0 amide bonds. The molecule has 1 heterocycles. The number of imidazole rings is 1. The van der Waals surface area contributed by atoms with Gasteiger partial charge in [0, 0.05) is 6.04 Å². The summed E-state index contributed by atoms with van der Waals surface area (Å²) in [7, 11) is 0. The molecule has 0 aliphatic heterocycles. The molecular formula is C13H16N2S. The second-order valence-corrected chi connectivity index (χ2v) is 5.87. The number of aromatic nitrogens is 2. The van der Waals surface area contributed by atoms with Gasteiger partial charge in [-0.15, -0.1) is 0 Å². The largest absolute Gasteiger partial charge is 0.331 e. The maximum Gasteiger partial charge on any atom is 0.178 e. The Morgan fingerprint density at radius 3 is 2.75 bits per heavy atom. The third-order valence-corrected chi connectivity index (χ3v) is 4.01. The standard InChI is InChI=1S/C13H16N2S/c1-8-5-4-6-9-11(8)15(12(16)14-9)10-7-13(10,2)3/h4-6,10H,7H2,1-3H3,(H,14,16). The highest BCUT2D eigenvalue weighted by Gasteiger charge is 2.48. The lowest BCUT2D eigenvalue weighted by Crippen LogP contribution is -2.01. The number of nitrogens with one attached hydrogen (secondary N) is 1. The van der Waals surface area contributed by atoms with Crippen molar-refractivity contribution < 1.29 is 0 Å². The van der Waals surface area contributed by atoms with E-state index in [0.717, 1.165) is 10.3 Å². The Bertz CT molecular complexity index is 618. The van der Waals surface area contributed by atoms with Crippen LogP contribution < -0.4 is 0 Å². The van der Waals surface area contributed by atoms with Crippen LogP contribution in [-0.2, 0) is 0 Å². The summed E-state index contributed by atoms with van der Waals surface area (Å²) < 4.78 is 3.17. The van der Waals surface area contributed by atoms with Gasteiger partial charge in [-0.05, 0) is 42.6 Å². The van der Waals surface area contributed by atoms with Gasteiger partial charge in [0.1, 0.15) is 0 Å². The molecule has 16 heavy (non-hydrogen) atoms. The van der Waals surface area contributed by atoms with E-state index < -0.39 is 0 Å². The van der Waals surface area contributed by atoms with Gasteiger partial charge >= 0.3 is 0 Å². The summed E-state index contributed by atoms with van der Waals surface area (Å²) >= 11 is 5.44. The van der Waals surface area contributed by atoms with Crippen LogP contribution in [-0.4, -0.2) is 9.55 Å². The Labute approximate surface area is 100 Å². The van der Waals surface area contributed by atoms with Crippen LogP contribution >= 0.6 is 12.2 Å². The van der Waals surface area contributed by atoms with E-state index in [-0.39, 0.29) is 0 Å². The molecule has 0 spiro atoms. The molecule has 84 valence electrons. The monoisotopic (exact) mass is 232 g/mol. The van der Waals surface area contributed by atoms with Gasteiger partial charge in [0.15, 0.2) is 4.77 Å². The van der Waals surface area contributed by atoms with Crippen LogP contribution in [0.15, 0.2) is 18.2 Å². The Balaban J connectivity index is 2.32. The topological polar surface area (TPSA) is 20.7 Å². The Morgan fingerprint density at radius 1 is 1.44 bits per heavy atom. The zero-order valence-corrected chi connectivity index (χ0v) is 10.7. The number of H-pyrrole nitrogens is 1. The second kappa shape index (κ2) is 2.98. The van der Waals surface area contributed by atoms with Crippen LogP contribution in [0.1, 0.15) is 31.9 Å². The lowest BCUT2D eigenvalue weighted by Gasteiger charge is -2.08. The maximum absolute atomic E-state index is 5.44. The molecule has 1 N–H and O–H groups in total. The van der Waals surface area contributed by atoms with Crippen molar-refractivity contribution >= 4 is 23.3 Å². The number of rotatable bonds is 1. The van der Waals surface area contributed by atoms with E-state index >= 15 is 0 Å². The van der Waals surface area contributed by atoms with Gasteiger partial charge < -0.3 is 9.55 Å². The van der Waals surface area contributed by atoms with Crippen molar-refractivity contribution in [1.82, 2.24) is 9.55 Å². The summed E-state index contributed by atoms with van der Waals surface area (Å²) in [5.74, 6) is 0. The van der Waals surface area contributed by atoms with Crippen molar-refractivity contribution in [3.8, 4) is 0 Å². The zero-order valence-electron chi connectivity index (χ0n) is 9.87. The third kappa shape index (κ3) is 1.27. The number of fused-ring (bicyclic) bond motifs is 1.